The third-order valence-electron chi connectivity index (χ3n) is 3.93. The van der Waals surface area contributed by atoms with Gasteiger partial charge in [0.15, 0.2) is 5.17 Å². The number of rotatable bonds is 7. The number of carbonyl (C=O) groups is 1. The number of aliphatic imine (C=N–C) groups is 1. The minimum Gasteiger partial charge on any atom is -0.490 e. The Morgan fingerprint density at radius 2 is 1.89 bits per heavy atom. The van der Waals surface area contributed by atoms with Crippen molar-refractivity contribution in [2.75, 3.05) is 13.2 Å². The summed E-state index contributed by atoms with van der Waals surface area (Å²) in [6.45, 7) is 5.08. The van der Waals surface area contributed by atoms with Gasteiger partial charge in [0.1, 0.15) is 24.7 Å². The Morgan fingerprint density at radius 3 is 2.59 bits per heavy atom. The Morgan fingerprint density at radius 1 is 1.11 bits per heavy atom. The number of amidine groups is 1. The second kappa shape index (κ2) is 8.77. The van der Waals surface area contributed by atoms with Crippen LogP contribution in [-0.2, 0) is 11.2 Å². The zero-order chi connectivity index (χ0) is 19.2. The summed E-state index contributed by atoms with van der Waals surface area (Å²) in [6.07, 6.45) is 2.74. The fourth-order valence-electron chi connectivity index (χ4n) is 2.70. The van der Waals surface area contributed by atoms with Crippen LogP contribution in [0.15, 0.2) is 52.4 Å². The highest BCUT2D eigenvalue weighted by molar-refractivity contribution is 8.18. The van der Waals surface area contributed by atoms with Crippen LogP contribution < -0.4 is 15.2 Å². The standard InChI is InChI=1S/C21H22N2O3S/c1-3-15-9-14(2)10-18(11-15)26-8-7-25-17-6-4-5-16(12-17)13-19-20(24)23-21(22)27-19/h4-6,9-13H,3,7-8H2,1-2H3,(H2,22,23,24)/b19-13+. The Balaban J connectivity index is 1.54. The maximum atomic E-state index is 11.7. The van der Waals surface area contributed by atoms with E-state index in [2.05, 4.69) is 31.0 Å². The van der Waals surface area contributed by atoms with Crippen molar-refractivity contribution in [3.63, 3.8) is 0 Å². The second-order valence-corrected chi connectivity index (χ2v) is 7.21. The van der Waals surface area contributed by atoms with E-state index < -0.39 is 0 Å². The van der Waals surface area contributed by atoms with Crippen LogP contribution in [0.1, 0.15) is 23.6 Å². The molecular formula is C21H22N2O3S. The van der Waals surface area contributed by atoms with Gasteiger partial charge in [0.2, 0.25) is 0 Å². The van der Waals surface area contributed by atoms with Crippen LogP contribution in [0.4, 0.5) is 0 Å². The maximum absolute atomic E-state index is 11.7. The molecular weight excluding hydrogens is 360 g/mol. The average Bonchev–Trinajstić information content (AvgIpc) is 2.95. The van der Waals surface area contributed by atoms with E-state index in [0.717, 1.165) is 23.5 Å². The summed E-state index contributed by atoms with van der Waals surface area (Å²) in [5.41, 5.74) is 8.88. The second-order valence-electron chi connectivity index (χ2n) is 6.14. The molecule has 2 aromatic rings. The minimum absolute atomic E-state index is 0.276. The molecule has 3 rings (SSSR count). The normalized spacial score (nSPS) is 15.1. The van der Waals surface area contributed by atoms with E-state index in [4.69, 9.17) is 15.2 Å². The molecule has 1 amide bonds. The van der Waals surface area contributed by atoms with Gasteiger partial charge in [-0.25, -0.2) is 0 Å². The van der Waals surface area contributed by atoms with Gasteiger partial charge in [-0.1, -0.05) is 25.1 Å². The fourth-order valence-corrected chi connectivity index (χ4v) is 3.38. The van der Waals surface area contributed by atoms with Crippen molar-refractivity contribution in [2.45, 2.75) is 20.3 Å². The highest BCUT2D eigenvalue weighted by Crippen LogP contribution is 2.27. The lowest BCUT2D eigenvalue weighted by atomic mass is 10.1. The molecule has 5 nitrogen and oxygen atoms in total. The molecule has 0 aliphatic carbocycles. The third kappa shape index (κ3) is 5.37. The Bertz CT molecular complexity index is 906. The number of aryl methyl sites for hydroxylation is 2. The Labute approximate surface area is 163 Å². The van der Waals surface area contributed by atoms with Crippen molar-refractivity contribution in [2.24, 2.45) is 10.7 Å². The van der Waals surface area contributed by atoms with Crippen LogP contribution in [0, 0.1) is 6.92 Å². The molecule has 0 spiro atoms. The van der Waals surface area contributed by atoms with Gasteiger partial charge in [0.05, 0.1) is 4.91 Å². The number of carbonyl (C=O) groups excluding carboxylic acids is 1. The maximum Gasteiger partial charge on any atom is 0.286 e. The molecule has 0 radical (unpaired) electrons. The first-order valence-electron chi connectivity index (χ1n) is 8.78. The van der Waals surface area contributed by atoms with E-state index in [1.807, 2.05) is 30.3 Å². The number of hydrogen-bond acceptors (Lipinski definition) is 5. The van der Waals surface area contributed by atoms with Crippen LogP contribution >= 0.6 is 11.8 Å². The van der Waals surface area contributed by atoms with Gasteiger partial charge in [-0.3, -0.25) is 4.79 Å². The summed E-state index contributed by atoms with van der Waals surface area (Å²) in [7, 11) is 0. The third-order valence-corrected chi connectivity index (χ3v) is 4.75. The molecule has 0 unspecified atom stereocenters. The summed E-state index contributed by atoms with van der Waals surface area (Å²) in [6, 6.07) is 13.8. The monoisotopic (exact) mass is 382 g/mol. The summed E-state index contributed by atoms with van der Waals surface area (Å²) >= 11 is 1.18. The molecule has 0 fully saturated rings. The zero-order valence-electron chi connectivity index (χ0n) is 15.4. The van der Waals surface area contributed by atoms with Gasteiger partial charge in [0, 0.05) is 0 Å². The lowest BCUT2D eigenvalue weighted by molar-refractivity contribution is -0.113. The molecule has 1 aliphatic rings. The van der Waals surface area contributed by atoms with Crippen LogP contribution in [0.3, 0.4) is 0 Å². The van der Waals surface area contributed by atoms with Crippen molar-refractivity contribution in [1.29, 1.82) is 0 Å². The Kier molecular flexibility index (Phi) is 6.19. The lowest BCUT2D eigenvalue weighted by Crippen LogP contribution is -2.09. The summed E-state index contributed by atoms with van der Waals surface area (Å²) in [5, 5.41) is 0.276. The summed E-state index contributed by atoms with van der Waals surface area (Å²) < 4.78 is 11.6. The van der Waals surface area contributed by atoms with Crippen LogP contribution in [0.5, 0.6) is 11.5 Å². The molecule has 1 aliphatic heterocycles. The topological polar surface area (TPSA) is 73.9 Å². The van der Waals surface area contributed by atoms with Gasteiger partial charge in [-0.2, -0.15) is 4.99 Å². The summed E-state index contributed by atoms with van der Waals surface area (Å²) in [4.78, 5) is 15.9. The van der Waals surface area contributed by atoms with Crippen molar-refractivity contribution < 1.29 is 14.3 Å². The summed E-state index contributed by atoms with van der Waals surface area (Å²) in [5.74, 6) is 1.28. The fraction of sp³-hybridized carbons (Fsp3) is 0.238. The predicted molar refractivity (Wildman–Crippen MR) is 110 cm³/mol. The van der Waals surface area contributed by atoms with Gasteiger partial charge < -0.3 is 15.2 Å². The number of amides is 1. The van der Waals surface area contributed by atoms with Crippen molar-refractivity contribution >= 4 is 28.9 Å². The van der Waals surface area contributed by atoms with Gasteiger partial charge in [-0.05, 0) is 72.1 Å². The number of nitrogens with zero attached hydrogens (tertiary/aromatic N) is 1. The van der Waals surface area contributed by atoms with E-state index in [0.29, 0.717) is 18.1 Å². The molecule has 1 heterocycles. The molecule has 2 aromatic carbocycles. The Hall–Kier alpha value is -2.73. The average molecular weight is 382 g/mol. The van der Waals surface area contributed by atoms with E-state index in [1.54, 1.807) is 6.08 Å². The highest BCUT2D eigenvalue weighted by atomic mass is 32.2. The van der Waals surface area contributed by atoms with E-state index in [-0.39, 0.29) is 11.1 Å². The first-order chi connectivity index (χ1) is 13.0. The highest BCUT2D eigenvalue weighted by Gasteiger charge is 2.19. The molecule has 0 aromatic heterocycles. The molecule has 2 N–H and O–H groups in total. The quantitative estimate of drug-likeness (QED) is 0.580. The number of benzene rings is 2. The molecule has 0 saturated carbocycles. The molecule has 0 bridgehead atoms. The van der Waals surface area contributed by atoms with Crippen LogP contribution in [0.2, 0.25) is 0 Å². The minimum atomic E-state index is -0.304. The number of hydrogen-bond donors (Lipinski definition) is 1. The van der Waals surface area contributed by atoms with E-state index >= 15 is 0 Å². The first-order valence-corrected chi connectivity index (χ1v) is 9.59. The largest absolute Gasteiger partial charge is 0.490 e. The van der Waals surface area contributed by atoms with E-state index in [9.17, 15) is 4.79 Å². The van der Waals surface area contributed by atoms with E-state index in [1.165, 1.54) is 22.9 Å². The van der Waals surface area contributed by atoms with Crippen molar-refractivity contribution in [3.05, 3.63) is 64.1 Å². The lowest BCUT2D eigenvalue weighted by Gasteiger charge is -2.10. The molecule has 0 saturated heterocycles. The molecule has 27 heavy (non-hydrogen) atoms. The predicted octanol–water partition coefficient (Wildman–Crippen LogP) is 3.94. The SMILES string of the molecule is CCc1cc(C)cc(OCCOc2cccc(/C=C3/SC(N)=NC3=O)c2)c1. The molecule has 0 atom stereocenters. The number of nitrogens with two attached hydrogens (primary N) is 1. The van der Waals surface area contributed by atoms with Gasteiger partial charge in [-0.15, -0.1) is 0 Å². The number of ether oxygens (including phenoxy) is 2. The smallest absolute Gasteiger partial charge is 0.286 e. The molecule has 6 heteroatoms. The first kappa shape index (κ1) is 19.0. The van der Waals surface area contributed by atoms with Crippen molar-refractivity contribution in [1.82, 2.24) is 0 Å². The zero-order valence-corrected chi connectivity index (χ0v) is 16.2. The van der Waals surface area contributed by atoms with Crippen molar-refractivity contribution in [3.8, 4) is 11.5 Å². The van der Waals surface area contributed by atoms with Crippen LogP contribution in [0.25, 0.3) is 6.08 Å². The van der Waals surface area contributed by atoms with Gasteiger partial charge >= 0.3 is 0 Å². The number of thioether (sulfide) groups is 1. The van der Waals surface area contributed by atoms with Gasteiger partial charge in [0.25, 0.3) is 5.91 Å². The molecule has 140 valence electrons. The van der Waals surface area contributed by atoms with Crippen LogP contribution in [-0.4, -0.2) is 24.3 Å².